The third kappa shape index (κ3) is 7.16. The molecule has 0 aliphatic rings. The van der Waals surface area contributed by atoms with Crippen molar-refractivity contribution in [1.29, 1.82) is 0 Å². The number of aliphatic carboxylic acids is 2. The van der Waals surface area contributed by atoms with Gasteiger partial charge in [-0.15, -0.1) is 0 Å². The summed E-state index contributed by atoms with van der Waals surface area (Å²) >= 11 is 0. The van der Waals surface area contributed by atoms with Crippen LogP contribution >= 0.6 is 0 Å². The molecule has 0 fully saturated rings. The van der Waals surface area contributed by atoms with Crippen molar-refractivity contribution in [3.63, 3.8) is 0 Å². The first-order chi connectivity index (χ1) is 11.5. The topological polar surface area (TPSA) is 74.6 Å². The molecule has 0 spiro atoms. The number of carbonyl (C=O) groups is 2. The van der Waals surface area contributed by atoms with Gasteiger partial charge in [0.1, 0.15) is 0 Å². The molecule has 134 valence electrons. The lowest BCUT2D eigenvalue weighted by atomic mass is 9.89. The van der Waals surface area contributed by atoms with Gasteiger partial charge < -0.3 is 10.2 Å². The Bertz CT molecular complexity index is 499. The number of unbranched alkanes of at least 4 members (excludes halogenated alkanes) is 2. The molecule has 0 aromatic heterocycles. The van der Waals surface area contributed by atoms with Gasteiger partial charge in [0.15, 0.2) is 0 Å². The lowest BCUT2D eigenvalue weighted by Gasteiger charge is -2.16. The number of hydrogen-bond acceptors (Lipinski definition) is 2. The first-order valence-electron chi connectivity index (χ1n) is 9.05. The summed E-state index contributed by atoms with van der Waals surface area (Å²) in [5, 5.41) is 18.0. The Labute approximate surface area is 144 Å². The van der Waals surface area contributed by atoms with Gasteiger partial charge in [-0.25, -0.2) is 0 Å². The average Bonchev–Trinajstić information content (AvgIpc) is 2.54. The standard InChI is InChI=1S/C20H30O4/c1-3-5-7-15-13-18(10-12-20(23)24)16(8-6-4-2)14-17(15)9-11-19(21)22/h13-14H,3-12H2,1-2H3,(H,21,22)(H,23,24). The molecule has 2 N–H and O–H groups in total. The van der Waals surface area contributed by atoms with Crippen LogP contribution in [0.1, 0.15) is 74.6 Å². The van der Waals surface area contributed by atoms with E-state index >= 15 is 0 Å². The van der Waals surface area contributed by atoms with Crippen molar-refractivity contribution in [1.82, 2.24) is 0 Å². The van der Waals surface area contributed by atoms with E-state index in [4.69, 9.17) is 10.2 Å². The fraction of sp³-hybridized carbons (Fsp3) is 0.600. The Kier molecular flexibility index (Phi) is 9.13. The van der Waals surface area contributed by atoms with Crippen molar-refractivity contribution in [2.45, 2.75) is 78.1 Å². The first kappa shape index (κ1) is 20.2. The average molecular weight is 334 g/mol. The van der Waals surface area contributed by atoms with E-state index in [0.29, 0.717) is 12.8 Å². The molecule has 0 saturated carbocycles. The molecule has 0 radical (unpaired) electrons. The minimum Gasteiger partial charge on any atom is -0.481 e. The summed E-state index contributed by atoms with van der Waals surface area (Å²) in [6.07, 6.45) is 7.53. The van der Waals surface area contributed by atoms with Crippen LogP contribution in [0.4, 0.5) is 0 Å². The van der Waals surface area contributed by atoms with Gasteiger partial charge in [-0.2, -0.15) is 0 Å². The van der Waals surface area contributed by atoms with E-state index in [9.17, 15) is 9.59 Å². The Balaban J connectivity index is 3.12. The van der Waals surface area contributed by atoms with Crippen molar-refractivity contribution >= 4 is 11.9 Å². The highest BCUT2D eigenvalue weighted by Gasteiger charge is 2.12. The predicted molar refractivity (Wildman–Crippen MR) is 95.6 cm³/mol. The Morgan fingerprint density at radius 1 is 0.708 bits per heavy atom. The second-order valence-corrected chi connectivity index (χ2v) is 6.38. The third-order valence-corrected chi connectivity index (χ3v) is 4.34. The molecule has 0 aliphatic heterocycles. The van der Waals surface area contributed by atoms with Crippen LogP contribution in [0, 0.1) is 0 Å². The highest BCUT2D eigenvalue weighted by Crippen LogP contribution is 2.23. The monoisotopic (exact) mass is 334 g/mol. The largest absolute Gasteiger partial charge is 0.481 e. The first-order valence-corrected chi connectivity index (χ1v) is 9.05. The summed E-state index contributed by atoms with van der Waals surface area (Å²) < 4.78 is 0. The smallest absolute Gasteiger partial charge is 0.303 e. The molecule has 4 heteroatoms. The Morgan fingerprint density at radius 3 is 1.33 bits per heavy atom. The molecular weight excluding hydrogens is 304 g/mol. The second-order valence-electron chi connectivity index (χ2n) is 6.38. The molecule has 1 aromatic rings. The highest BCUT2D eigenvalue weighted by atomic mass is 16.4. The fourth-order valence-corrected chi connectivity index (χ4v) is 2.94. The number of rotatable bonds is 12. The van der Waals surface area contributed by atoms with E-state index in [2.05, 4.69) is 26.0 Å². The quantitative estimate of drug-likeness (QED) is 0.594. The SMILES string of the molecule is CCCCc1cc(CCC(=O)O)c(CCCC)cc1CCC(=O)O. The van der Waals surface area contributed by atoms with Crippen LogP contribution in [-0.2, 0) is 35.3 Å². The van der Waals surface area contributed by atoms with Crippen molar-refractivity contribution in [2.75, 3.05) is 0 Å². The molecule has 1 rings (SSSR count). The van der Waals surface area contributed by atoms with Gasteiger partial charge >= 0.3 is 11.9 Å². The van der Waals surface area contributed by atoms with E-state index in [1.54, 1.807) is 0 Å². The molecule has 24 heavy (non-hydrogen) atoms. The molecule has 0 aliphatic carbocycles. The summed E-state index contributed by atoms with van der Waals surface area (Å²) in [5.41, 5.74) is 4.63. The fourth-order valence-electron chi connectivity index (χ4n) is 2.94. The summed E-state index contributed by atoms with van der Waals surface area (Å²) in [6.45, 7) is 4.27. The van der Waals surface area contributed by atoms with Gasteiger partial charge in [-0.3, -0.25) is 9.59 Å². The van der Waals surface area contributed by atoms with Crippen LogP contribution in [0.3, 0.4) is 0 Å². The van der Waals surface area contributed by atoms with Crippen LogP contribution in [0.2, 0.25) is 0 Å². The molecular formula is C20H30O4. The summed E-state index contributed by atoms with van der Waals surface area (Å²) in [7, 11) is 0. The number of aryl methyl sites for hydroxylation is 4. The lowest BCUT2D eigenvalue weighted by molar-refractivity contribution is -0.138. The second kappa shape index (κ2) is 10.8. The van der Waals surface area contributed by atoms with Crippen LogP contribution in [0.5, 0.6) is 0 Å². The number of benzene rings is 1. The van der Waals surface area contributed by atoms with Gasteiger partial charge in [0, 0.05) is 12.8 Å². The third-order valence-electron chi connectivity index (χ3n) is 4.34. The number of carboxylic acid groups (broad SMARTS) is 2. The van der Waals surface area contributed by atoms with Gasteiger partial charge in [0.2, 0.25) is 0 Å². The predicted octanol–water partition coefficient (Wildman–Crippen LogP) is 4.41. The zero-order valence-corrected chi connectivity index (χ0v) is 14.9. The molecule has 0 unspecified atom stereocenters. The van der Waals surface area contributed by atoms with Crippen molar-refractivity contribution < 1.29 is 19.8 Å². The summed E-state index contributed by atoms with van der Waals surface area (Å²) in [6, 6.07) is 4.28. The van der Waals surface area contributed by atoms with Crippen molar-refractivity contribution in [3.05, 3.63) is 34.4 Å². The molecule has 0 saturated heterocycles. The zero-order chi connectivity index (χ0) is 17.9. The zero-order valence-electron chi connectivity index (χ0n) is 14.9. The van der Waals surface area contributed by atoms with E-state index in [1.165, 1.54) is 11.1 Å². The van der Waals surface area contributed by atoms with E-state index in [1.807, 2.05) is 0 Å². The van der Waals surface area contributed by atoms with Gasteiger partial charge in [-0.1, -0.05) is 38.8 Å². The van der Waals surface area contributed by atoms with E-state index in [0.717, 1.165) is 49.7 Å². The summed E-state index contributed by atoms with van der Waals surface area (Å²) in [5.74, 6) is -1.55. The number of carboxylic acids is 2. The van der Waals surface area contributed by atoms with E-state index in [-0.39, 0.29) is 12.8 Å². The van der Waals surface area contributed by atoms with Crippen molar-refractivity contribution in [3.8, 4) is 0 Å². The lowest BCUT2D eigenvalue weighted by Crippen LogP contribution is -2.07. The van der Waals surface area contributed by atoms with Crippen LogP contribution in [0.15, 0.2) is 12.1 Å². The van der Waals surface area contributed by atoms with Gasteiger partial charge in [0.05, 0.1) is 0 Å². The molecule has 0 bridgehead atoms. The molecule has 1 aromatic carbocycles. The minimum absolute atomic E-state index is 0.140. The number of hydrogen-bond donors (Lipinski definition) is 2. The molecule has 0 heterocycles. The normalized spacial score (nSPS) is 10.8. The van der Waals surface area contributed by atoms with E-state index < -0.39 is 11.9 Å². The van der Waals surface area contributed by atoms with Gasteiger partial charge in [-0.05, 0) is 60.8 Å². The molecule has 0 amide bonds. The van der Waals surface area contributed by atoms with Crippen LogP contribution in [0.25, 0.3) is 0 Å². The minimum atomic E-state index is -0.776. The highest BCUT2D eigenvalue weighted by molar-refractivity contribution is 5.68. The molecule has 4 nitrogen and oxygen atoms in total. The summed E-state index contributed by atoms with van der Waals surface area (Å²) in [4.78, 5) is 21.9. The Hall–Kier alpha value is -1.84. The molecule has 0 atom stereocenters. The van der Waals surface area contributed by atoms with Gasteiger partial charge in [0.25, 0.3) is 0 Å². The Morgan fingerprint density at radius 2 is 1.04 bits per heavy atom. The van der Waals surface area contributed by atoms with Crippen molar-refractivity contribution in [2.24, 2.45) is 0 Å². The van der Waals surface area contributed by atoms with Crippen LogP contribution < -0.4 is 0 Å². The maximum absolute atomic E-state index is 10.9. The van der Waals surface area contributed by atoms with Crippen LogP contribution in [-0.4, -0.2) is 22.2 Å². The maximum atomic E-state index is 10.9. The maximum Gasteiger partial charge on any atom is 0.303 e.